The van der Waals surface area contributed by atoms with Crippen LogP contribution in [-0.2, 0) is 4.84 Å². The quantitative estimate of drug-likeness (QED) is 0.210. The minimum Gasteiger partial charge on any atom is -1.00 e. The Morgan fingerprint density at radius 3 is 2.20 bits per heavy atom. The Kier molecular flexibility index (Phi) is 16.0. The molecule has 0 amide bonds. The molecule has 0 aliphatic rings. The third-order valence-electron chi connectivity index (χ3n) is 0.0962. The standard InChI is InChI=1S/C2H5NO.Na.H/c1-2-4-3;;/h2H,1,3H2;;/q;+1;-1. The largest absolute Gasteiger partial charge is 1.00 e. The van der Waals surface area contributed by atoms with Crippen LogP contribution in [0, 0.1) is 0 Å². The maximum atomic E-state index is 4.41. The Hall–Kier alpha value is 0.500. The van der Waals surface area contributed by atoms with Crippen molar-refractivity contribution in [1.82, 2.24) is 0 Å². The first kappa shape index (κ1) is 9.09. The molecule has 0 aliphatic heterocycles. The molecule has 0 bridgehead atoms. The summed E-state index contributed by atoms with van der Waals surface area (Å²) < 4.78 is 0. The fourth-order valence-electron chi connectivity index (χ4n) is 0. The third kappa shape index (κ3) is 12.5. The van der Waals surface area contributed by atoms with E-state index in [0.717, 1.165) is 6.26 Å². The van der Waals surface area contributed by atoms with Crippen LogP contribution in [0.4, 0.5) is 0 Å². The summed E-state index contributed by atoms with van der Waals surface area (Å²) in [6, 6.07) is 0. The summed E-state index contributed by atoms with van der Waals surface area (Å²) in [4.78, 5) is 3.81. The zero-order valence-electron chi connectivity index (χ0n) is 4.27. The molecule has 0 atom stereocenters. The fraction of sp³-hybridized carbons (Fsp3) is 0. The van der Waals surface area contributed by atoms with Gasteiger partial charge in [-0.15, -0.1) is 0 Å². The van der Waals surface area contributed by atoms with Gasteiger partial charge in [0, 0.05) is 0 Å². The second kappa shape index (κ2) is 8.82. The number of hydrogen-bond donors (Lipinski definition) is 1. The number of rotatable bonds is 1. The first-order valence-electron chi connectivity index (χ1n) is 0.880. The second-order valence-corrected chi connectivity index (χ2v) is 0.303. The van der Waals surface area contributed by atoms with Gasteiger partial charge in [-0.25, -0.2) is 0 Å². The van der Waals surface area contributed by atoms with Crippen molar-refractivity contribution in [1.29, 1.82) is 0 Å². The van der Waals surface area contributed by atoms with Gasteiger partial charge >= 0.3 is 29.6 Å². The molecule has 0 saturated carbocycles. The average Bonchev–Trinajstić information content (AvgIpc) is 1.37. The number of nitrogens with two attached hydrogens (primary N) is 1. The van der Waals surface area contributed by atoms with Gasteiger partial charge in [0.25, 0.3) is 0 Å². The van der Waals surface area contributed by atoms with Crippen LogP contribution in [0.3, 0.4) is 0 Å². The van der Waals surface area contributed by atoms with Crippen LogP contribution in [0.5, 0.6) is 0 Å². The number of hydrogen-bond acceptors (Lipinski definition) is 2. The molecule has 0 spiro atoms. The summed E-state index contributed by atoms with van der Waals surface area (Å²) in [6.07, 6.45) is 1.15. The molecule has 5 heavy (non-hydrogen) atoms. The van der Waals surface area contributed by atoms with Crippen molar-refractivity contribution in [3.63, 3.8) is 0 Å². The maximum absolute atomic E-state index is 4.41. The SMILES string of the molecule is C=CON.[H-].[Na+]. The van der Waals surface area contributed by atoms with E-state index in [-0.39, 0.29) is 31.0 Å². The summed E-state index contributed by atoms with van der Waals surface area (Å²) in [5.41, 5.74) is 0. The smallest absolute Gasteiger partial charge is 1.00 e. The maximum Gasteiger partial charge on any atom is 1.00 e. The van der Waals surface area contributed by atoms with Crippen LogP contribution in [0.1, 0.15) is 1.43 Å². The Morgan fingerprint density at radius 1 is 2.00 bits per heavy atom. The van der Waals surface area contributed by atoms with E-state index in [0.29, 0.717) is 0 Å². The summed E-state index contributed by atoms with van der Waals surface area (Å²) in [5.74, 6) is 4.41. The molecule has 0 heterocycles. The zero-order valence-corrected chi connectivity index (χ0v) is 5.27. The summed E-state index contributed by atoms with van der Waals surface area (Å²) in [6.45, 7) is 3.13. The molecule has 0 aromatic carbocycles. The zero-order chi connectivity index (χ0) is 3.41. The van der Waals surface area contributed by atoms with Crippen LogP contribution in [0.25, 0.3) is 0 Å². The van der Waals surface area contributed by atoms with Gasteiger partial charge in [-0.05, 0) is 0 Å². The predicted molar refractivity (Wildman–Crippen MR) is 16.6 cm³/mol. The van der Waals surface area contributed by atoms with Gasteiger partial charge in [0.15, 0.2) is 0 Å². The molecule has 2 N–H and O–H groups in total. The molecule has 0 fully saturated rings. The monoisotopic (exact) mass is 83.0 g/mol. The molecule has 0 unspecified atom stereocenters. The van der Waals surface area contributed by atoms with Crippen molar-refractivity contribution < 1.29 is 35.8 Å². The molecule has 0 radical (unpaired) electrons. The molecule has 0 aliphatic carbocycles. The van der Waals surface area contributed by atoms with Gasteiger partial charge in [-0.3, -0.25) is 0 Å². The average molecular weight is 83.1 g/mol. The molecule has 0 aromatic rings. The minimum absolute atomic E-state index is 0. The van der Waals surface area contributed by atoms with Crippen molar-refractivity contribution >= 4 is 0 Å². The molecule has 26 valence electrons. The van der Waals surface area contributed by atoms with Crippen molar-refractivity contribution in [2.45, 2.75) is 0 Å². The predicted octanol–water partition coefficient (Wildman–Crippen LogP) is -2.86. The van der Waals surface area contributed by atoms with Crippen LogP contribution in [-0.4, -0.2) is 0 Å². The van der Waals surface area contributed by atoms with E-state index in [1.54, 1.807) is 0 Å². The molecular formula is C2H6NNaO. The van der Waals surface area contributed by atoms with Gasteiger partial charge in [-0.2, -0.15) is 5.90 Å². The molecule has 3 heteroatoms. The van der Waals surface area contributed by atoms with Gasteiger partial charge in [0.2, 0.25) is 0 Å². The third-order valence-corrected chi connectivity index (χ3v) is 0.0962. The molecule has 0 rings (SSSR count). The molecule has 0 saturated heterocycles. The van der Waals surface area contributed by atoms with Gasteiger partial charge in [-0.1, -0.05) is 6.58 Å². The molecule has 0 aromatic heterocycles. The molecule has 2 nitrogen and oxygen atoms in total. The van der Waals surface area contributed by atoms with Crippen LogP contribution >= 0.6 is 0 Å². The van der Waals surface area contributed by atoms with E-state index in [2.05, 4.69) is 17.3 Å². The van der Waals surface area contributed by atoms with Crippen molar-refractivity contribution in [2.75, 3.05) is 0 Å². The van der Waals surface area contributed by atoms with E-state index in [4.69, 9.17) is 0 Å². The Balaban J connectivity index is -0.0000000450. The Labute approximate surface area is 54.7 Å². The summed E-state index contributed by atoms with van der Waals surface area (Å²) >= 11 is 0. The van der Waals surface area contributed by atoms with E-state index >= 15 is 0 Å². The van der Waals surface area contributed by atoms with Gasteiger partial charge in [0.05, 0.1) is 0 Å². The van der Waals surface area contributed by atoms with Crippen molar-refractivity contribution in [3.8, 4) is 0 Å². The normalized spacial score (nSPS) is 4.20. The van der Waals surface area contributed by atoms with E-state index in [1.807, 2.05) is 0 Å². The van der Waals surface area contributed by atoms with Gasteiger partial charge in [0.1, 0.15) is 6.26 Å². The van der Waals surface area contributed by atoms with E-state index in [1.165, 1.54) is 0 Å². The summed E-state index contributed by atoms with van der Waals surface area (Å²) in [5, 5.41) is 0. The van der Waals surface area contributed by atoms with Gasteiger partial charge < -0.3 is 6.26 Å². The summed E-state index contributed by atoms with van der Waals surface area (Å²) in [7, 11) is 0. The fourth-order valence-corrected chi connectivity index (χ4v) is 0. The Morgan fingerprint density at radius 2 is 2.20 bits per heavy atom. The topological polar surface area (TPSA) is 35.2 Å². The van der Waals surface area contributed by atoms with E-state index < -0.39 is 0 Å². The molecular weight excluding hydrogens is 77.0 g/mol. The van der Waals surface area contributed by atoms with Crippen LogP contribution < -0.4 is 35.5 Å². The first-order chi connectivity index (χ1) is 1.91. The Bertz CT molecular complexity index is 27.5. The second-order valence-electron chi connectivity index (χ2n) is 0.303. The van der Waals surface area contributed by atoms with Crippen LogP contribution in [0.15, 0.2) is 12.8 Å². The van der Waals surface area contributed by atoms with E-state index in [9.17, 15) is 0 Å². The van der Waals surface area contributed by atoms with Crippen LogP contribution in [0.2, 0.25) is 0 Å². The van der Waals surface area contributed by atoms with Crippen molar-refractivity contribution in [3.05, 3.63) is 12.8 Å². The van der Waals surface area contributed by atoms with Crippen molar-refractivity contribution in [2.24, 2.45) is 5.90 Å². The first-order valence-corrected chi connectivity index (χ1v) is 0.880. The minimum atomic E-state index is 0.